The lowest BCUT2D eigenvalue weighted by atomic mass is 10.1. The average Bonchev–Trinajstić information content (AvgIpc) is 2.98. The van der Waals surface area contributed by atoms with Gasteiger partial charge in [-0.05, 0) is 106 Å². The normalized spacial score (nSPS) is 11.4. The third kappa shape index (κ3) is 5.07. The highest BCUT2D eigenvalue weighted by Crippen LogP contribution is 2.33. The number of carbonyl (C=O) groups excluding carboxylic acids is 1. The van der Waals surface area contributed by atoms with Crippen LogP contribution in [0.2, 0.25) is 10.0 Å². The molecule has 0 fully saturated rings. The largest absolute Gasteiger partial charge is 0.319 e. The Kier molecular flexibility index (Phi) is 7.33. The molecule has 1 heterocycles. The molecule has 1 aromatic heterocycles. The van der Waals surface area contributed by atoms with Gasteiger partial charge in [-0.2, -0.15) is 5.26 Å². The van der Waals surface area contributed by atoms with Crippen molar-refractivity contribution in [2.75, 3.05) is 5.32 Å². The molecule has 0 saturated heterocycles. The molecule has 158 valence electrons. The standard InChI is InChI=1S/C23H17Br2Cl2N3O/c1-12-6-18(24)22(19(25)7-12)29-23(31)16(11-28)9-15-8-13(2)30(14(15)3)17-4-5-20(26)21(27)10-17/h4-10H,1-3H3,(H,29,31)/b16-9+. The van der Waals surface area contributed by atoms with E-state index in [0.29, 0.717) is 15.7 Å². The van der Waals surface area contributed by atoms with Crippen molar-refractivity contribution < 1.29 is 4.79 Å². The second kappa shape index (κ2) is 9.62. The Morgan fingerprint density at radius 3 is 2.29 bits per heavy atom. The van der Waals surface area contributed by atoms with E-state index in [1.807, 2.05) is 55.7 Å². The van der Waals surface area contributed by atoms with Crippen LogP contribution in [0.25, 0.3) is 11.8 Å². The summed E-state index contributed by atoms with van der Waals surface area (Å²) in [6.45, 7) is 5.81. The quantitative estimate of drug-likeness (QED) is 0.253. The number of aryl methyl sites for hydroxylation is 2. The number of nitrogens with zero attached hydrogens (tertiary/aromatic N) is 2. The monoisotopic (exact) mass is 579 g/mol. The summed E-state index contributed by atoms with van der Waals surface area (Å²) in [6, 6.07) is 13.1. The summed E-state index contributed by atoms with van der Waals surface area (Å²) >= 11 is 19.1. The molecule has 0 saturated carbocycles. The van der Waals surface area contributed by atoms with E-state index in [-0.39, 0.29) is 5.57 Å². The first-order chi connectivity index (χ1) is 14.6. The predicted octanol–water partition coefficient (Wildman–Crippen LogP) is 7.78. The lowest BCUT2D eigenvalue weighted by Crippen LogP contribution is -2.14. The molecule has 0 spiro atoms. The number of anilines is 1. The van der Waals surface area contributed by atoms with Crippen LogP contribution in [-0.4, -0.2) is 10.5 Å². The van der Waals surface area contributed by atoms with Crippen LogP contribution in [0.1, 0.15) is 22.5 Å². The topological polar surface area (TPSA) is 57.8 Å². The molecule has 3 rings (SSSR count). The second-order valence-corrected chi connectivity index (χ2v) is 9.51. The van der Waals surface area contributed by atoms with Gasteiger partial charge in [-0.3, -0.25) is 4.79 Å². The Hall–Kier alpha value is -2.04. The van der Waals surface area contributed by atoms with Gasteiger partial charge in [0.15, 0.2) is 0 Å². The number of benzene rings is 2. The Labute approximate surface area is 207 Å². The lowest BCUT2D eigenvalue weighted by molar-refractivity contribution is -0.112. The maximum absolute atomic E-state index is 12.8. The summed E-state index contributed by atoms with van der Waals surface area (Å²) < 4.78 is 3.44. The summed E-state index contributed by atoms with van der Waals surface area (Å²) in [5, 5.41) is 13.4. The number of amides is 1. The molecular formula is C23H17Br2Cl2N3O. The first-order valence-corrected chi connectivity index (χ1v) is 11.5. The number of aromatic nitrogens is 1. The number of hydrogen-bond donors (Lipinski definition) is 1. The van der Waals surface area contributed by atoms with Crippen molar-refractivity contribution in [3.8, 4) is 11.8 Å². The lowest BCUT2D eigenvalue weighted by Gasteiger charge is -2.11. The number of halogens is 4. The van der Waals surface area contributed by atoms with E-state index in [1.165, 1.54) is 0 Å². The summed E-state index contributed by atoms with van der Waals surface area (Å²) in [7, 11) is 0. The zero-order valence-electron chi connectivity index (χ0n) is 16.9. The van der Waals surface area contributed by atoms with Gasteiger partial charge in [0.2, 0.25) is 0 Å². The number of hydrogen-bond acceptors (Lipinski definition) is 2. The SMILES string of the molecule is Cc1cc(Br)c(NC(=O)/C(C#N)=C/c2cc(C)n(-c3ccc(Cl)c(Cl)c3)c2C)c(Br)c1. The molecule has 8 heteroatoms. The number of nitrogens with one attached hydrogen (secondary N) is 1. The van der Waals surface area contributed by atoms with E-state index >= 15 is 0 Å². The zero-order chi connectivity index (χ0) is 22.9. The van der Waals surface area contributed by atoms with Gasteiger partial charge in [-0.1, -0.05) is 23.2 Å². The molecule has 0 atom stereocenters. The van der Waals surface area contributed by atoms with E-state index in [4.69, 9.17) is 23.2 Å². The molecule has 31 heavy (non-hydrogen) atoms. The molecule has 3 aromatic rings. The van der Waals surface area contributed by atoms with Crippen molar-refractivity contribution in [2.24, 2.45) is 0 Å². The van der Waals surface area contributed by atoms with Gasteiger partial charge in [-0.15, -0.1) is 0 Å². The first kappa shape index (κ1) is 23.6. The van der Waals surface area contributed by atoms with Crippen LogP contribution in [0.4, 0.5) is 5.69 Å². The Balaban J connectivity index is 1.97. The molecule has 0 radical (unpaired) electrons. The summed E-state index contributed by atoms with van der Waals surface area (Å²) in [6.07, 6.45) is 1.59. The molecule has 2 aromatic carbocycles. The summed E-state index contributed by atoms with van der Waals surface area (Å²) in [5.74, 6) is -0.493. The first-order valence-electron chi connectivity index (χ1n) is 9.15. The van der Waals surface area contributed by atoms with Crippen molar-refractivity contribution in [3.05, 3.63) is 83.5 Å². The minimum Gasteiger partial charge on any atom is -0.319 e. The van der Waals surface area contributed by atoms with Crippen molar-refractivity contribution in [1.82, 2.24) is 4.57 Å². The number of carbonyl (C=O) groups is 1. The highest BCUT2D eigenvalue weighted by atomic mass is 79.9. The average molecular weight is 582 g/mol. The second-order valence-electron chi connectivity index (χ2n) is 6.99. The zero-order valence-corrected chi connectivity index (χ0v) is 21.5. The van der Waals surface area contributed by atoms with E-state index in [1.54, 1.807) is 18.2 Å². The Morgan fingerprint density at radius 2 is 1.71 bits per heavy atom. The Bertz CT molecular complexity index is 1250. The smallest absolute Gasteiger partial charge is 0.266 e. The summed E-state index contributed by atoms with van der Waals surface area (Å²) in [5.41, 5.74) is 5.00. The molecule has 0 unspecified atom stereocenters. The van der Waals surface area contributed by atoms with Gasteiger partial charge in [0.1, 0.15) is 11.6 Å². The molecule has 4 nitrogen and oxygen atoms in total. The van der Waals surface area contributed by atoms with Gasteiger partial charge in [0.05, 0.1) is 15.7 Å². The highest BCUT2D eigenvalue weighted by Gasteiger charge is 2.17. The van der Waals surface area contributed by atoms with Crippen LogP contribution in [0.5, 0.6) is 0 Å². The number of rotatable bonds is 4. The Morgan fingerprint density at radius 1 is 1.06 bits per heavy atom. The third-order valence-electron chi connectivity index (χ3n) is 4.72. The van der Waals surface area contributed by atoms with Crippen molar-refractivity contribution in [2.45, 2.75) is 20.8 Å². The van der Waals surface area contributed by atoms with Crippen molar-refractivity contribution >= 4 is 72.7 Å². The van der Waals surface area contributed by atoms with Gasteiger partial charge in [0.25, 0.3) is 5.91 Å². The maximum atomic E-state index is 12.8. The van der Waals surface area contributed by atoms with Crippen LogP contribution in [-0.2, 0) is 4.79 Å². The van der Waals surface area contributed by atoms with Gasteiger partial charge in [-0.25, -0.2) is 0 Å². The van der Waals surface area contributed by atoms with E-state index in [9.17, 15) is 10.1 Å². The molecule has 1 amide bonds. The van der Waals surface area contributed by atoms with Gasteiger partial charge >= 0.3 is 0 Å². The van der Waals surface area contributed by atoms with Gasteiger partial charge < -0.3 is 9.88 Å². The van der Waals surface area contributed by atoms with Crippen LogP contribution in [0.3, 0.4) is 0 Å². The molecule has 0 aliphatic carbocycles. The molecule has 1 N–H and O–H groups in total. The van der Waals surface area contributed by atoms with Crippen molar-refractivity contribution in [3.63, 3.8) is 0 Å². The molecule has 0 aliphatic heterocycles. The van der Waals surface area contributed by atoms with Crippen LogP contribution >= 0.6 is 55.1 Å². The fourth-order valence-electron chi connectivity index (χ4n) is 3.26. The molecular weight excluding hydrogens is 565 g/mol. The fourth-order valence-corrected chi connectivity index (χ4v) is 5.17. The molecule has 0 aliphatic rings. The third-order valence-corrected chi connectivity index (χ3v) is 6.71. The van der Waals surface area contributed by atoms with Gasteiger partial charge in [0, 0.05) is 26.0 Å². The minimum atomic E-state index is -0.493. The molecule has 0 bridgehead atoms. The van der Waals surface area contributed by atoms with E-state index < -0.39 is 5.91 Å². The van der Waals surface area contributed by atoms with Crippen LogP contribution in [0.15, 0.2) is 50.9 Å². The minimum absolute atomic E-state index is 0.00577. The van der Waals surface area contributed by atoms with E-state index in [0.717, 1.165) is 37.1 Å². The maximum Gasteiger partial charge on any atom is 0.266 e. The van der Waals surface area contributed by atoms with Crippen LogP contribution < -0.4 is 5.32 Å². The highest BCUT2D eigenvalue weighted by molar-refractivity contribution is 9.11. The fraction of sp³-hybridized carbons (Fsp3) is 0.130. The van der Waals surface area contributed by atoms with E-state index in [2.05, 4.69) is 37.2 Å². The summed E-state index contributed by atoms with van der Waals surface area (Å²) in [4.78, 5) is 12.8. The van der Waals surface area contributed by atoms with Crippen LogP contribution in [0, 0.1) is 32.1 Å². The van der Waals surface area contributed by atoms with Crippen molar-refractivity contribution in [1.29, 1.82) is 5.26 Å². The number of nitriles is 1. The predicted molar refractivity (Wildman–Crippen MR) is 134 cm³/mol.